The largest absolute Gasteiger partial charge is 0.350 e. The highest BCUT2D eigenvalue weighted by atomic mass is 32.2. The molecule has 3 N–H and O–H groups in total. The number of rotatable bonds is 8. The van der Waals surface area contributed by atoms with E-state index in [9.17, 15) is 18.0 Å². The number of aromatic nitrogens is 1. The fourth-order valence-electron chi connectivity index (χ4n) is 3.05. The van der Waals surface area contributed by atoms with E-state index >= 15 is 0 Å². The van der Waals surface area contributed by atoms with Crippen molar-refractivity contribution in [3.8, 4) is 0 Å². The van der Waals surface area contributed by atoms with E-state index in [1.807, 2.05) is 26.8 Å². The number of H-pyrrole nitrogens is 1. The first-order chi connectivity index (χ1) is 13.5. The van der Waals surface area contributed by atoms with Gasteiger partial charge in [0.2, 0.25) is 15.9 Å². The molecule has 1 atom stereocenters. The summed E-state index contributed by atoms with van der Waals surface area (Å²) < 4.78 is 27.9. The molecular formula is C21H29N3O4S. The average molecular weight is 420 g/mol. The normalized spacial score (nSPS) is 12.8. The lowest BCUT2D eigenvalue weighted by molar-refractivity contribution is -0.123. The van der Waals surface area contributed by atoms with E-state index in [4.69, 9.17) is 0 Å². The van der Waals surface area contributed by atoms with Gasteiger partial charge in [-0.3, -0.25) is 9.59 Å². The van der Waals surface area contributed by atoms with Crippen LogP contribution in [0, 0.1) is 26.7 Å². The summed E-state index contributed by atoms with van der Waals surface area (Å²) in [6, 6.07) is 7.33. The molecule has 1 aromatic heterocycles. The zero-order valence-corrected chi connectivity index (χ0v) is 18.3. The Hall–Kier alpha value is -2.45. The van der Waals surface area contributed by atoms with Crippen molar-refractivity contribution in [1.82, 2.24) is 15.0 Å². The Morgan fingerprint density at radius 2 is 1.72 bits per heavy atom. The molecule has 0 aliphatic rings. The number of carbonyl (C=O) groups is 1. The molecule has 8 heteroatoms. The quantitative estimate of drug-likeness (QED) is 0.610. The highest BCUT2D eigenvalue weighted by Gasteiger charge is 2.26. The van der Waals surface area contributed by atoms with Crippen molar-refractivity contribution >= 4 is 15.9 Å². The minimum Gasteiger partial charge on any atom is -0.350 e. The van der Waals surface area contributed by atoms with Crippen molar-refractivity contribution < 1.29 is 13.2 Å². The summed E-state index contributed by atoms with van der Waals surface area (Å²) in [5.74, 6) is -0.371. The molecule has 0 saturated carbocycles. The third-order valence-corrected chi connectivity index (χ3v) is 6.07. The van der Waals surface area contributed by atoms with Crippen LogP contribution in [0.4, 0.5) is 0 Å². The van der Waals surface area contributed by atoms with Crippen LogP contribution in [0.25, 0.3) is 0 Å². The first-order valence-corrected chi connectivity index (χ1v) is 11.0. The zero-order chi connectivity index (χ0) is 21.8. The predicted octanol–water partition coefficient (Wildman–Crippen LogP) is 2.31. The molecule has 0 fully saturated rings. The maximum Gasteiger partial charge on any atom is 0.253 e. The molecule has 1 amide bonds. The van der Waals surface area contributed by atoms with Crippen molar-refractivity contribution in [2.75, 3.05) is 0 Å². The van der Waals surface area contributed by atoms with Gasteiger partial charge in [0.15, 0.2) is 0 Å². The van der Waals surface area contributed by atoms with Crippen molar-refractivity contribution in [3.63, 3.8) is 0 Å². The Morgan fingerprint density at radius 1 is 1.10 bits per heavy atom. The maximum atomic E-state index is 12.8. The first-order valence-electron chi connectivity index (χ1n) is 9.55. The van der Waals surface area contributed by atoms with E-state index in [-0.39, 0.29) is 22.9 Å². The van der Waals surface area contributed by atoms with Gasteiger partial charge in [-0.2, -0.15) is 4.72 Å². The number of hydrogen-bond acceptors (Lipinski definition) is 4. The lowest BCUT2D eigenvalue weighted by Crippen LogP contribution is -2.47. The van der Waals surface area contributed by atoms with Crippen LogP contribution < -0.4 is 15.6 Å². The van der Waals surface area contributed by atoms with Crippen LogP contribution in [0.3, 0.4) is 0 Å². The van der Waals surface area contributed by atoms with Gasteiger partial charge in [0.25, 0.3) is 5.56 Å². The molecule has 29 heavy (non-hydrogen) atoms. The van der Waals surface area contributed by atoms with Gasteiger partial charge in [0.1, 0.15) is 6.04 Å². The maximum absolute atomic E-state index is 12.8. The first kappa shape index (κ1) is 22.8. The Balaban J connectivity index is 2.18. The molecule has 2 aromatic rings. The van der Waals surface area contributed by atoms with Gasteiger partial charge in [-0.25, -0.2) is 8.42 Å². The van der Waals surface area contributed by atoms with Crippen molar-refractivity contribution in [2.45, 2.75) is 58.5 Å². The molecule has 158 valence electrons. The van der Waals surface area contributed by atoms with Crippen LogP contribution in [-0.4, -0.2) is 25.4 Å². The van der Waals surface area contributed by atoms with E-state index in [1.165, 1.54) is 12.1 Å². The second-order valence-electron chi connectivity index (χ2n) is 7.78. The summed E-state index contributed by atoms with van der Waals surface area (Å²) in [5, 5.41) is 2.70. The van der Waals surface area contributed by atoms with Gasteiger partial charge in [-0.1, -0.05) is 31.5 Å². The van der Waals surface area contributed by atoms with E-state index in [1.54, 1.807) is 26.0 Å². The fraction of sp³-hybridized carbons (Fsp3) is 0.429. The van der Waals surface area contributed by atoms with Crippen LogP contribution in [0.2, 0.25) is 0 Å². The Labute approximate surface area is 172 Å². The van der Waals surface area contributed by atoms with Gasteiger partial charge in [-0.05, 0) is 56.9 Å². The molecule has 1 aromatic carbocycles. The van der Waals surface area contributed by atoms with Crippen LogP contribution in [0.1, 0.15) is 42.7 Å². The monoisotopic (exact) mass is 419 g/mol. The zero-order valence-electron chi connectivity index (χ0n) is 17.5. The van der Waals surface area contributed by atoms with Crippen LogP contribution in [-0.2, 0) is 21.4 Å². The van der Waals surface area contributed by atoms with Gasteiger partial charge in [0, 0.05) is 17.8 Å². The van der Waals surface area contributed by atoms with Gasteiger partial charge < -0.3 is 10.3 Å². The summed E-state index contributed by atoms with van der Waals surface area (Å²) in [5.41, 5.74) is 2.65. The molecule has 0 bridgehead atoms. The number of carbonyl (C=O) groups excluding carboxylic acids is 1. The molecular weight excluding hydrogens is 390 g/mol. The van der Waals surface area contributed by atoms with Gasteiger partial charge >= 0.3 is 0 Å². The minimum absolute atomic E-state index is 0.0289. The number of pyridine rings is 1. The second kappa shape index (κ2) is 9.37. The average Bonchev–Trinajstić information content (AvgIpc) is 2.59. The predicted molar refractivity (Wildman–Crippen MR) is 113 cm³/mol. The molecule has 1 heterocycles. The Bertz CT molecular complexity index is 1020. The number of benzene rings is 1. The number of sulfonamides is 1. The Kier molecular flexibility index (Phi) is 7.37. The molecule has 7 nitrogen and oxygen atoms in total. The number of aromatic amines is 1. The highest BCUT2D eigenvalue weighted by molar-refractivity contribution is 7.89. The van der Waals surface area contributed by atoms with Crippen molar-refractivity contribution in [3.05, 3.63) is 63.1 Å². The smallest absolute Gasteiger partial charge is 0.253 e. The van der Waals surface area contributed by atoms with Crippen molar-refractivity contribution in [1.29, 1.82) is 0 Å². The fourth-order valence-corrected chi connectivity index (χ4v) is 4.26. The van der Waals surface area contributed by atoms with E-state index in [0.717, 1.165) is 16.8 Å². The van der Waals surface area contributed by atoms with Gasteiger partial charge in [-0.15, -0.1) is 0 Å². The van der Waals surface area contributed by atoms with Crippen LogP contribution >= 0.6 is 0 Å². The number of amides is 1. The SMILES string of the molecule is Cc1ccc(S(=O)(=O)N[C@H](CC(C)C)C(=O)NCc2c(C)cc(C)[nH]c2=O)cc1. The third kappa shape index (κ3) is 6.27. The van der Waals surface area contributed by atoms with Crippen LogP contribution in [0.15, 0.2) is 40.0 Å². The third-order valence-electron chi connectivity index (χ3n) is 4.59. The number of aryl methyl sites for hydroxylation is 3. The molecule has 0 unspecified atom stereocenters. The molecule has 0 aliphatic heterocycles. The minimum atomic E-state index is -3.85. The number of nitrogens with one attached hydrogen (secondary N) is 3. The highest BCUT2D eigenvalue weighted by Crippen LogP contribution is 2.14. The molecule has 0 saturated heterocycles. The Morgan fingerprint density at radius 3 is 2.28 bits per heavy atom. The summed E-state index contributed by atoms with van der Waals surface area (Å²) in [7, 11) is -3.85. The molecule has 0 aliphatic carbocycles. The topological polar surface area (TPSA) is 108 Å². The summed E-state index contributed by atoms with van der Waals surface area (Å²) in [4.78, 5) is 27.7. The number of hydrogen-bond donors (Lipinski definition) is 3. The second-order valence-corrected chi connectivity index (χ2v) is 9.49. The summed E-state index contributed by atoms with van der Waals surface area (Å²) in [6.45, 7) is 9.31. The molecule has 0 spiro atoms. The van der Waals surface area contributed by atoms with Crippen molar-refractivity contribution in [2.24, 2.45) is 5.92 Å². The van der Waals surface area contributed by atoms with Gasteiger partial charge in [0.05, 0.1) is 4.90 Å². The lowest BCUT2D eigenvalue weighted by Gasteiger charge is -2.20. The van der Waals surface area contributed by atoms with E-state index in [2.05, 4.69) is 15.0 Å². The molecule has 2 rings (SSSR count). The van der Waals surface area contributed by atoms with E-state index < -0.39 is 22.0 Å². The summed E-state index contributed by atoms with van der Waals surface area (Å²) >= 11 is 0. The standard InChI is InChI=1S/C21H29N3O4S/c1-13(2)10-19(24-29(27,28)17-8-6-14(3)7-9-17)21(26)22-12-18-15(4)11-16(5)23-20(18)25/h6-9,11,13,19,24H,10,12H2,1-5H3,(H,22,26)(H,23,25)/t19-/m1/s1. The van der Waals surface area contributed by atoms with E-state index in [0.29, 0.717) is 12.0 Å². The lowest BCUT2D eigenvalue weighted by atomic mass is 10.0. The molecule has 0 radical (unpaired) electrons. The summed E-state index contributed by atoms with van der Waals surface area (Å²) in [6.07, 6.45) is 0.333. The van der Waals surface area contributed by atoms with Crippen LogP contribution in [0.5, 0.6) is 0 Å².